The maximum Gasteiger partial charge on any atom is 0.122 e. The number of methoxy groups -OCH3 is 1. The second-order valence-electron chi connectivity index (χ2n) is 35.1. The highest BCUT2D eigenvalue weighted by atomic mass is 16.5. The predicted octanol–water partition coefficient (Wildman–Crippen LogP) is 36.1. The Balaban J connectivity index is 0.000000221. The van der Waals surface area contributed by atoms with Crippen molar-refractivity contribution >= 4 is 72.9 Å². The van der Waals surface area contributed by atoms with E-state index >= 15 is 0 Å². The Morgan fingerprint density at radius 3 is 0.570 bits per heavy atom. The average Bonchev–Trinajstić information content (AvgIpc) is 0.863. The van der Waals surface area contributed by atoms with E-state index in [1.165, 1.54) is 199 Å². The SMILES string of the molecule is CCCCCCOc1ccc(C=Cc2ccc(CC)cc2)c(C)c1C.CCCCCOc1ccc(C=Cc2ccc(CC)cc2)c(C)c1C.CCCCOc1ccc(C=Cc2ccc(CC)cc2)c(C)c1C.CCCOc1ccc(C=Cc2ccc(CC)cc2)c(C)c1C.CCOc1ccc(C=Cc2ccc(CC)cc2)c(C)c1C.CCc1ccc(C=Cc2ccc(OC)c(C)c2C)cc1. The van der Waals surface area contributed by atoms with E-state index in [9.17, 15) is 0 Å². The molecule has 0 N–H and O–H groups in total. The summed E-state index contributed by atoms with van der Waals surface area (Å²) in [5.41, 5.74) is 38.3. The molecule has 0 radical (unpaired) electrons. The molecule has 0 aliphatic carbocycles. The summed E-state index contributed by atoms with van der Waals surface area (Å²) in [4.78, 5) is 0. The second-order valence-corrected chi connectivity index (χ2v) is 35.1. The van der Waals surface area contributed by atoms with Crippen molar-refractivity contribution in [1.29, 1.82) is 0 Å². The highest BCUT2D eigenvalue weighted by Crippen LogP contribution is 2.33. The predicted molar refractivity (Wildman–Crippen MR) is 593 cm³/mol. The summed E-state index contributed by atoms with van der Waals surface area (Å²) in [6, 6.07) is 77.8. The smallest absolute Gasteiger partial charge is 0.122 e. The summed E-state index contributed by atoms with van der Waals surface area (Å²) >= 11 is 0. The molecule has 0 heterocycles. The van der Waals surface area contributed by atoms with Crippen molar-refractivity contribution in [2.45, 2.75) is 262 Å². The molecule has 12 aromatic carbocycles. The number of benzene rings is 12. The van der Waals surface area contributed by atoms with Crippen LogP contribution in [0.2, 0.25) is 0 Å². The molecule has 0 spiro atoms. The lowest BCUT2D eigenvalue weighted by Gasteiger charge is -2.13. The molecule has 0 aliphatic rings. The molecule has 6 heteroatoms. The van der Waals surface area contributed by atoms with Crippen molar-refractivity contribution in [1.82, 2.24) is 0 Å². The summed E-state index contributed by atoms with van der Waals surface area (Å²) < 4.78 is 34.6. The first-order valence-corrected chi connectivity index (χ1v) is 50.3. The Bertz CT molecular complexity index is 5690. The number of ether oxygens (including phenoxy) is 6. The maximum atomic E-state index is 5.98. The minimum Gasteiger partial charge on any atom is -0.496 e. The molecule has 135 heavy (non-hydrogen) atoms. The van der Waals surface area contributed by atoms with Gasteiger partial charge in [-0.1, -0.05) is 363 Å². The van der Waals surface area contributed by atoms with Gasteiger partial charge in [-0.25, -0.2) is 0 Å². The molecular formula is C129H162O6. The molecule has 0 fully saturated rings. The molecule has 0 unspecified atom stereocenters. The zero-order valence-corrected chi connectivity index (χ0v) is 87.0. The van der Waals surface area contributed by atoms with E-state index in [1.54, 1.807) is 7.11 Å². The van der Waals surface area contributed by atoms with E-state index in [0.717, 1.165) is 132 Å². The fraction of sp³-hybridized carbons (Fsp3) is 0.349. The first kappa shape index (κ1) is 110. The number of aryl methyl sites for hydroxylation is 6. The Labute approximate surface area is 817 Å². The van der Waals surface area contributed by atoms with E-state index in [1.807, 2.05) is 13.0 Å². The van der Waals surface area contributed by atoms with Crippen LogP contribution in [0.25, 0.3) is 72.9 Å². The van der Waals surface area contributed by atoms with E-state index in [-0.39, 0.29) is 0 Å². The molecule has 0 saturated heterocycles. The number of unbranched alkanes of at least 4 members (excludes halogenated alkanes) is 6. The number of rotatable bonds is 39. The van der Waals surface area contributed by atoms with Crippen molar-refractivity contribution in [2.75, 3.05) is 40.1 Å². The van der Waals surface area contributed by atoms with E-state index in [2.05, 4.69) is 438 Å². The summed E-state index contributed by atoms with van der Waals surface area (Å²) in [6.07, 6.45) is 44.5. The summed E-state index contributed by atoms with van der Waals surface area (Å²) in [6.45, 7) is 53.5. The number of hydrogen-bond donors (Lipinski definition) is 0. The minimum absolute atomic E-state index is 0.708. The molecule has 714 valence electrons. The quantitative estimate of drug-likeness (QED) is 0.0283. The third-order valence-electron chi connectivity index (χ3n) is 25.7. The van der Waals surface area contributed by atoms with Gasteiger partial charge < -0.3 is 28.4 Å². The first-order chi connectivity index (χ1) is 65.4. The summed E-state index contributed by atoms with van der Waals surface area (Å²) in [5.74, 6) is 6.00. The molecule has 0 aromatic heterocycles. The standard InChI is InChI=1S/C24H32O.C23H30O.C22H28O.C21H26O.C20H24O.C19H22O/c1-5-7-8-9-18-25-24-17-16-23(19(3)20(24)4)15-14-22-12-10-21(6-2)11-13-22;1-5-7-8-17-24-23-16-15-22(18(3)19(23)4)14-13-21-11-9-20(6-2)10-12-21;1-5-7-16-23-22-15-14-21(17(3)18(22)4)13-12-20-10-8-19(6-2)9-11-20;1-5-15-22-21-14-13-20(16(3)17(21)4)12-11-19-9-7-18(6-2)8-10-19;1-5-17-7-9-18(10-8-17)11-12-19-13-14-20(21-6-2)16(4)15(19)3;1-5-16-6-8-17(9-7-16)10-11-18-12-13-19(20-4)15(3)14(18)2/h10-17H,5-9,18H2,1-4H3;9-16H,5-8,17H2,1-4H3;8-15H,5-7,16H2,1-4H3;7-14H,5-6,15H2,1-4H3;7-14H,5-6H2,1-4H3;6-13H,5H2,1-4H3. The molecule has 12 rings (SSSR count). The van der Waals surface area contributed by atoms with Gasteiger partial charge in [0.1, 0.15) is 34.5 Å². The van der Waals surface area contributed by atoms with Gasteiger partial charge in [0.15, 0.2) is 0 Å². The normalized spacial score (nSPS) is 11.1. The fourth-order valence-corrected chi connectivity index (χ4v) is 15.2. The van der Waals surface area contributed by atoms with Crippen LogP contribution >= 0.6 is 0 Å². The molecule has 6 nitrogen and oxygen atoms in total. The van der Waals surface area contributed by atoms with Crippen LogP contribution in [0.4, 0.5) is 0 Å². The van der Waals surface area contributed by atoms with Gasteiger partial charge in [0.05, 0.1) is 40.1 Å². The third-order valence-corrected chi connectivity index (χ3v) is 25.7. The summed E-state index contributed by atoms with van der Waals surface area (Å²) in [5, 5.41) is 0. The Morgan fingerprint density at radius 1 is 0.170 bits per heavy atom. The molecule has 0 atom stereocenters. The molecule has 0 saturated carbocycles. The topological polar surface area (TPSA) is 55.4 Å². The zero-order chi connectivity index (χ0) is 97.8. The van der Waals surface area contributed by atoms with Crippen LogP contribution in [0.1, 0.15) is 307 Å². The van der Waals surface area contributed by atoms with Crippen LogP contribution in [-0.4, -0.2) is 40.1 Å². The Morgan fingerprint density at radius 2 is 0.363 bits per heavy atom. The van der Waals surface area contributed by atoms with Crippen LogP contribution in [0.15, 0.2) is 218 Å². The lowest BCUT2D eigenvalue weighted by Crippen LogP contribution is -2.00. The third kappa shape index (κ3) is 36.6. The van der Waals surface area contributed by atoms with Gasteiger partial charge in [-0.2, -0.15) is 0 Å². The van der Waals surface area contributed by atoms with Crippen molar-refractivity contribution in [3.8, 4) is 34.5 Å². The molecular weight excluding hydrogens is 1650 g/mol. The van der Waals surface area contributed by atoms with Crippen LogP contribution in [0.5, 0.6) is 34.5 Å². The van der Waals surface area contributed by atoms with Crippen LogP contribution in [0, 0.1) is 83.1 Å². The Hall–Kier alpha value is -12.1. The van der Waals surface area contributed by atoms with Crippen molar-refractivity contribution < 1.29 is 28.4 Å². The van der Waals surface area contributed by atoms with Gasteiger partial charge in [-0.3, -0.25) is 0 Å². The van der Waals surface area contributed by atoms with Crippen LogP contribution in [0.3, 0.4) is 0 Å². The lowest BCUT2D eigenvalue weighted by atomic mass is 10.0. The average molecular weight is 1810 g/mol. The fourth-order valence-electron chi connectivity index (χ4n) is 15.2. The van der Waals surface area contributed by atoms with Crippen LogP contribution < -0.4 is 28.4 Å². The van der Waals surface area contributed by atoms with Crippen molar-refractivity contribution in [3.05, 3.63) is 385 Å². The van der Waals surface area contributed by atoms with Gasteiger partial charge in [-0.05, 0) is 358 Å². The highest BCUT2D eigenvalue weighted by molar-refractivity contribution is 5.78. The van der Waals surface area contributed by atoms with Gasteiger partial charge in [-0.15, -0.1) is 0 Å². The van der Waals surface area contributed by atoms with Crippen molar-refractivity contribution in [2.24, 2.45) is 0 Å². The van der Waals surface area contributed by atoms with Crippen molar-refractivity contribution in [3.63, 3.8) is 0 Å². The minimum atomic E-state index is 0.708. The molecule has 0 bridgehead atoms. The molecule has 12 aromatic rings. The summed E-state index contributed by atoms with van der Waals surface area (Å²) in [7, 11) is 1.71. The first-order valence-electron chi connectivity index (χ1n) is 50.3. The van der Waals surface area contributed by atoms with Gasteiger partial charge in [0, 0.05) is 0 Å². The van der Waals surface area contributed by atoms with Gasteiger partial charge >= 0.3 is 0 Å². The maximum absolute atomic E-state index is 5.98. The van der Waals surface area contributed by atoms with Gasteiger partial charge in [0.2, 0.25) is 0 Å². The largest absolute Gasteiger partial charge is 0.496 e. The monoisotopic (exact) mass is 1810 g/mol. The zero-order valence-electron chi connectivity index (χ0n) is 87.0. The molecule has 0 amide bonds. The highest BCUT2D eigenvalue weighted by Gasteiger charge is 2.13. The Kier molecular flexibility index (Phi) is 49.6. The second kappa shape index (κ2) is 61.0. The van der Waals surface area contributed by atoms with E-state index < -0.39 is 0 Å². The lowest BCUT2D eigenvalue weighted by molar-refractivity contribution is 0.303. The van der Waals surface area contributed by atoms with E-state index in [4.69, 9.17) is 28.4 Å². The van der Waals surface area contributed by atoms with Gasteiger partial charge in [0.25, 0.3) is 0 Å². The van der Waals surface area contributed by atoms with Crippen LogP contribution in [-0.2, 0) is 38.5 Å². The molecule has 0 aliphatic heterocycles. The van der Waals surface area contributed by atoms with E-state index in [0.29, 0.717) is 6.61 Å². The number of hydrogen-bond acceptors (Lipinski definition) is 6.